The summed E-state index contributed by atoms with van der Waals surface area (Å²) in [6.45, 7) is 5.87. The standard InChI is InChI=1S/C11H23NO2/c1-4-6-7-14-10-8-9(12-3)11(10)13-5-2/h9-12H,4-8H2,1-3H3. The van der Waals surface area contributed by atoms with Crippen molar-refractivity contribution in [3.63, 3.8) is 0 Å². The molecule has 0 aliphatic heterocycles. The zero-order valence-corrected chi connectivity index (χ0v) is 9.58. The van der Waals surface area contributed by atoms with E-state index in [0.29, 0.717) is 12.1 Å². The number of likely N-dealkylation sites (N-methyl/N-ethyl adjacent to an activating group) is 1. The lowest BCUT2D eigenvalue weighted by Gasteiger charge is -2.43. The fraction of sp³-hybridized carbons (Fsp3) is 1.00. The first kappa shape index (κ1) is 12.0. The summed E-state index contributed by atoms with van der Waals surface area (Å²) in [6, 6.07) is 0.488. The highest BCUT2D eigenvalue weighted by atomic mass is 16.5. The molecule has 1 rings (SSSR count). The maximum absolute atomic E-state index is 5.75. The molecule has 3 unspecified atom stereocenters. The summed E-state index contributed by atoms with van der Waals surface area (Å²) in [4.78, 5) is 0. The van der Waals surface area contributed by atoms with Crippen molar-refractivity contribution >= 4 is 0 Å². The van der Waals surface area contributed by atoms with Gasteiger partial charge in [-0.2, -0.15) is 0 Å². The van der Waals surface area contributed by atoms with E-state index in [1.165, 1.54) is 6.42 Å². The molecule has 3 atom stereocenters. The third kappa shape index (κ3) is 2.94. The molecule has 1 aliphatic carbocycles. The molecule has 0 saturated heterocycles. The summed E-state index contributed by atoms with van der Waals surface area (Å²) in [5.41, 5.74) is 0. The van der Waals surface area contributed by atoms with Gasteiger partial charge in [0.25, 0.3) is 0 Å². The molecule has 3 nitrogen and oxygen atoms in total. The Bertz CT molecular complexity index is 152. The van der Waals surface area contributed by atoms with Crippen LogP contribution in [0.3, 0.4) is 0 Å². The normalized spacial score (nSPS) is 31.5. The molecular weight excluding hydrogens is 178 g/mol. The Kier molecular flexibility index (Phi) is 5.45. The van der Waals surface area contributed by atoms with Crippen molar-refractivity contribution in [1.82, 2.24) is 5.32 Å². The summed E-state index contributed by atoms with van der Waals surface area (Å²) < 4.78 is 11.4. The van der Waals surface area contributed by atoms with Gasteiger partial charge in [0.2, 0.25) is 0 Å². The molecule has 84 valence electrons. The van der Waals surface area contributed by atoms with Crippen molar-refractivity contribution in [1.29, 1.82) is 0 Å². The zero-order valence-electron chi connectivity index (χ0n) is 9.58. The molecule has 0 aromatic heterocycles. The Hall–Kier alpha value is -0.120. The van der Waals surface area contributed by atoms with Crippen molar-refractivity contribution in [2.75, 3.05) is 20.3 Å². The first-order chi connectivity index (χ1) is 6.83. The van der Waals surface area contributed by atoms with E-state index in [0.717, 1.165) is 26.1 Å². The van der Waals surface area contributed by atoms with Crippen LogP contribution in [0.25, 0.3) is 0 Å². The number of hydrogen-bond donors (Lipinski definition) is 1. The molecule has 1 saturated carbocycles. The highest BCUT2D eigenvalue weighted by Gasteiger charge is 2.41. The van der Waals surface area contributed by atoms with Gasteiger partial charge in [-0.25, -0.2) is 0 Å². The Morgan fingerprint density at radius 2 is 2.07 bits per heavy atom. The molecule has 0 spiro atoms. The molecule has 3 heteroatoms. The smallest absolute Gasteiger partial charge is 0.0990 e. The van der Waals surface area contributed by atoms with Gasteiger partial charge in [-0.05, 0) is 26.8 Å². The van der Waals surface area contributed by atoms with Crippen molar-refractivity contribution in [2.24, 2.45) is 0 Å². The number of rotatable bonds is 7. The topological polar surface area (TPSA) is 30.5 Å². The number of ether oxygens (including phenoxy) is 2. The second-order valence-corrected chi connectivity index (χ2v) is 3.81. The summed E-state index contributed by atoms with van der Waals surface area (Å²) in [5.74, 6) is 0. The van der Waals surface area contributed by atoms with Gasteiger partial charge >= 0.3 is 0 Å². The largest absolute Gasteiger partial charge is 0.375 e. The van der Waals surface area contributed by atoms with Crippen LogP contribution in [-0.2, 0) is 9.47 Å². The first-order valence-electron chi connectivity index (χ1n) is 5.73. The van der Waals surface area contributed by atoms with Gasteiger partial charge in [-0.15, -0.1) is 0 Å². The molecule has 0 amide bonds. The molecular formula is C11H23NO2. The molecule has 0 aromatic rings. The van der Waals surface area contributed by atoms with Crippen LogP contribution in [0.2, 0.25) is 0 Å². The lowest BCUT2D eigenvalue weighted by atomic mass is 9.85. The minimum atomic E-state index is 0.266. The molecule has 0 heterocycles. The van der Waals surface area contributed by atoms with Crippen LogP contribution in [0.1, 0.15) is 33.1 Å². The first-order valence-corrected chi connectivity index (χ1v) is 5.73. The number of hydrogen-bond acceptors (Lipinski definition) is 3. The maximum Gasteiger partial charge on any atom is 0.0990 e. The molecule has 0 aromatic carbocycles. The van der Waals surface area contributed by atoms with Crippen molar-refractivity contribution in [3.8, 4) is 0 Å². The van der Waals surface area contributed by atoms with E-state index in [4.69, 9.17) is 9.47 Å². The Morgan fingerprint density at radius 1 is 1.29 bits per heavy atom. The van der Waals surface area contributed by atoms with Gasteiger partial charge in [-0.1, -0.05) is 13.3 Å². The average Bonchev–Trinajstić information content (AvgIpc) is 2.19. The van der Waals surface area contributed by atoms with Crippen LogP contribution in [0.4, 0.5) is 0 Å². The van der Waals surface area contributed by atoms with Crippen LogP contribution < -0.4 is 5.32 Å². The second kappa shape index (κ2) is 6.38. The minimum absolute atomic E-state index is 0.266. The van der Waals surface area contributed by atoms with Gasteiger partial charge in [0.1, 0.15) is 0 Å². The SMILES string of the molecule is CCCCOC1CC(NC)C1OCC. The van der Waals surface area contributed by atoms with Gasteiger partial charge in [-0.3, -0.25) is 0 Å². The summed E-state index contributed by atoms with van der Waals surface area (Å²) in [5, 5.41) is 3.25. The number of nitrogens with one attached hydrogen (secondary N) is 1. The average molecular weight is 201 g/mol. The molecule has 14 heavy (non-hydrogen) atoms. The Labute approximate surface area is 87.2 Å². The molecule has 0 radical (unpaired) electrons. The quantitative estimate of drug-likeness (QED) is 0.634. The Morgan fingerprint density at radius 3 is 2.64 bits per heavy atom. The zero-order chi connectivity index (χ0) is 10.4. The van der Waals surface area contributed by atoms with Gasteiger partial charge in [0.15, 0.2) is 0 Å². The summed E-state index contributed by atoms with van der Waals surface area (Å²) in [6.07, 6.45) is 4.02. The van der Waals surface area contributed by atoms with Crippen LogP contribution in [0, 0.1) is 0 Å². The van der Waals surface area contributed by atoms with E-state index < -0.39 is 0 Å². The van der Waals surface area contributed by atoms with E-state index >= 15 is 0 Å². The molecule has 1 aliphatic rings. The monoisotopic (exact) mass is 201 g/mol. The van der Waals surface area contributed by atoms with E-state index in [2.05, 4.69) is 12.2 Å². The third-order valence-corrected chi connectivity index (χ3v) is 2.81. The van der Waals surface area contributed by atoms with Crippen molar-refractivity contribution < 1.29 is 9.47 Å². The predicted molar refractivity (Wildman–Crippen MR) is 57.5 cm³/mol. The van der Waals surface area contributed by atoms with E-state index in [9.17, 15) is 0 Å². The summed E-state index contributed by atoms with van der Waals surface area (Å²) in [7, 11) is 1.99. The van der Waals surface area contributed by atoms with E-state index in [1.807, 2.05) is 14.0 Å². The number of unbranched alkanes of at least 4 members (excludes halogenated alkanes) is 1. The lowest BCUT2D eigenvalue weighted by Crippen LogP contribution is -2.59. The predicted octanol–water partition coefficient (Wildman–Crippen LogP) is 1.57. The van der Waals surface area contributed by atoms with Crippen LogP contribution in [0.5, 0.6) is 0 Å². The third-order valence-electron chi connectivity index (χ3n) is 2.81. The van der Waals surface area contributed by atoms with Gasteiger partial charge in [0, 0.05) is 19.3 Å². The molecule has 1 fully saturated rings. The molecule has 0 bridgehead atoms. The van der Waals surface area contributed by atoms with Crippen LogP contribution >= 0.6 is 0 Å². The fourth-order valence-electron chi connectivity index (χ4n) is 1.82. The van der Waals surface area contributed by atoms with Crippen LogP contribution in [0.15, 0.2) is 0 Å². The van der Waals surface area contributed by atoms with Gasteiger partial charge in [0.05, 0.1) is 12.2 Å². The second-order valence-electron chi connectivity index (χ2n) is 3.81. The minimum Gasteiger partial charge on any atom is -0.375 e. The summed E-state index contributed by atoms with van der Waals surface area (Å²) >= 11 is 0. The highest BCUT2D eigenvalue weighted by Crippen LogP contribution is 2.27. The van der Waals surface area contributed by atoms with Crippen molar-refractivity contribution in [2.45, 2.75) is 51.4 Å². The van der Waals surface area contributed by atoms with E-state index in [-0.39, 0.29) is 6.10 Å². The van der Waals surface area contributed by atoms with Gasteiger partial charge < -0.3 is 14.8 Å². The lowest BCUT2D eigenvalue weighted by molar-refractivity contribution is -0.143. The van der Waals surface area contributed by atoms with E-state index in [1.54, 1.807) is 0 Å². The fourth-order valence-corrected chi connectivity index (χ4v) is 1.82. The maximum atomic E-state index is 5.75. The van der Waals surface area contributed by atoms with Crippen LogP contribution in [-0.4, -0.2) is 38.5 Å². The Balaban J connectivity index is 2.19. The highest BCUT2D eigenvalue weighted by molar-refractivity contribution is 4.96. The van der Waals surface area contributed by atoms with Crippen molar-refractivity contribution in [3.05, 3.63) is 0 Å². The molecule has 1 N–H and O–H groups in total.